The molecule has 1 aliphatic carbocycles. The number of nitrogens with zero attached hydrogens (tertiary/aromatic N) is 4. The maximum absolute atomic E-state index is 13.8. The van der Waals surface area contributed by atoms with E-state index in [1.165, 1.54) is 18.2 Å². The average molecular weight is 504 g/mol. The Labute approximate surface area is 224 Å². The van der Waals surface area contributed by atoms with Gasteiger partial charge in [0.15, 0.2) is 5.66 Å². The summed E-state index contributed by atoms with van der Waals surface area (Å²) < 4.78 is 0. The summed E-state index contributed by atoms with van der Waals surface area (Å²) in [6, 6.07) is 29.1. The van der Waals surface area contributed by atoms with E-state index in [1.54, 1.807) is 12.4 Å². The number of aliphatic imine (C=N–C) groups is 1. The number of hydrogen-bond donors (Lipinski definition) is 1. The minimum absolute atomic E-state index is 0.202. The Bertz CT molecular complexity index is 1370. The molecule has 2 aliphatic rings. The van der Waals surface area contributed by atoms with Crippen molar-refractivity contribution in [2.75, 3.05) is 13.1 Å². The molecule has 6 rings (SSSR count). The maximum atomic E-state index is 13.8. The van der Waals surface area contributed by atoms with E-state index >= 15 is 0 Å². The number of rotatable bonds is 8. The molecule has 1 unspecified atom stereocenters. The van der Waals surface area contributed by atoms with Crippen molar-refractivity contribution in [3.05, 3.63) is 114 Å². The van der Waals surface area contributed by atoms with Gasteiger partial charge in [-0.25, -0.2) is 4.99 Å². The van der Waals surface area contributed by atoms with Crippen LogP contribution in [0.1, 0.15) is 42.4 Å². The van der Waals surface area contributed by atoms with Crippen LogP contribution in [0.5, 0.6) is 0 Å². The molecule has 6 heteroatoms. The second-order valence-electron chi connectivity index (χ2n) is 10.2. The van der Waals surface area contributed by atoms with Gasteiger partial charge in [-0.05, 0) is 41.3 Å². The van der Waals surface area contributed by atoms with E-state index in [0.29, 0.717) is 25.6 Å². The van der Waals surface area contributed by atoms with Gasteiger partial charge in [-0.15, -0.1) is 0 Å². The van der Waals surface area contributed by atoms with Gasteiger partial charge in [-0.2, -0.15) is 5.43 Å². The Balaban J connectivity index is 1.20. The molecule has 1 saturated carbocycles. The molecular formula is C32H33N5O. The molecule has 4 aromatic rings. The van der Waals surface area contributed by atoms with E-state index in [4.69, 9.17) is 4.99 Å². The lowest BCUT2D eigenvalue weighted by Crippen LogP contribution is -2.50. The Morgan fingerprint density at radius 3 is 2.42 bits per heavy atom. The molecule has 38 heavy (non-hydrogen) atoms. The molecule has 1 aliphatic heterocycles. The van der Waals surface area contributed by atoms with E-state index in [-0.39, 0.29) is 5.91 Å². The minimum atomic E-state index is -0.713. The normalized spacial score (nSPS) is 19.3. The van der Waals surface area contributed by atoms with Crippen molar-refractivity contribution in [3.8, 4) is 0 Å². The third kappa shape index (κ3) is 4.79. The summed E-state index contributed by atoms with van der Waals surface area (Å²) >= 11 is 0. The molecule has 192 valence electrons. The number of benzene rings is 3. The molecule has 6 nitrogen and oxygen atoms in total. The Hall–Kier alpha value is -4.03. The summed E-state index contributed by atoms with van der Waals surface area (Å²) in [6.07, 6.45) is 10.4. The van der Waals surface area contributed by atoms with Crippen LogP contribution in [0.3, 0.4) is 0 Å². The van der Waals surface area contributed by atoms with Crippen molar-refractivity contribution in [1.82, 2.24) is 20.3 Å². The van der Waals surface area contributed by atoms with Crippen LogP contribution in [0.2, 0.25) is 0 Å². The van der Waals surface area contributed by atoms with Gasteiger partial charge >= 0.3 is 0 Å². The van der Waals surface area contributed by atoms with Gasteiger partial charge in [0, 0.05) is 36.1 Å². The Morgan fingerprint density at radius 1 is 0.895 bits per heavy atom. The number of carbonyl (C=O) groups is 1. The topological polar surface area (TPSA) is 60.8 Å². The fourth-order valence-electron chi connectivity index (χ4n) is 5.91. The second kappa shape index (κ2) is 10.8. The van der Waals surface area contributed by atoms with Gasteiger partial charge in [0.25, 0.3) is 0 Å². The standard InChI is InChI=1S/C32H33N5O/c38-31(23-26-11-8-10-25-9-4-7-16-30(25)26)37(29-14-5-6-15-29)22-21-36-24-34-32(35-36,27-12-2-1-3-13-27)28-17-19-33-20-18-28/h1-4,7-13,16-20,24,29,35H,5-6,14-15,21-23H2. The van der Waals surface area contributed by atoms with E-state index in [1.807, 2.05) is 53.8 Å². The van der Waals surface area contributed by atoms with Crippen LogP contribution in [-0.4, -0.2) is 46.3 Å². The van der Waals surface area contributed by atoms with Gasteiger partial charge in [-0.1, -0.05) is 85.6 Å². The predicted octanol–water partition coefficient (Wildman–Crippen LogP) is 5.30. The lowest BCUT2D eigenvalue weighted by atomic mass is 9.93. The zero-order valence-electron chi connectivity index (χ0n) is 21.5. The highest BCUT2D eigenvalue weighted by Crippen LogP contribution is 2.33. The molecule has 0 saturated heterocycles. The van der Waals surface area contributed by atoms with Crippen LogP contribution in [0, 0.1) is 0 Å². The molecule has 0 radical (unpaired) electrons. The van der Waals surface area contributed by atoms with Crippen LogP contribution < -0.4 is 5.43 Å². The average Bonchev–Trinajstić information content (AvgIpc) is 3.66. The fraction of sp³-hybridized carbons (Fsp3) is 0.281. The number of amides is 1. The van der Waals surface area contributed by atoms with Crippen LogP contribution in [-0.2, 0) is 16.9 Å². The SMILES string of the molecule is O=C(Cc1cccc2ccccc12)N(CCN1C=NC(c2ccccc2)(c2ccncc2)N1)C1CCCC1. The van der Waals surface area contributed by atoms with E-state index < -0.39 is 5.66 Å². The lowest BCUT2D eigenvalue weighted by Gasteiger charge is -2.33. The monoisotopic (exact) mass is 503 g/mol. The number of hydrogen-bond acceptors (Lipinski definition) is 5. The summed E-state index contributed by atoms with van der Waals surface area (Å²) in [5.41, 5.74) is 6.11. The molecule has 1 aromatic heterocycles. The Kier molecular flexibility index (Phi) is 6.88. The van der Waals surface area contributed by atoms with Gasteiger partial charge in [0.05, 0.1) is 13.0 Å². The quantitative estimate of drug-likeness (QED) is 0.355. The largest absolute Gasteiger partial charge is 0.338 e. The molecule has 0 spiro atoms. The van der Waals surface area contributed by atoms with Crippen molar-refractivity contribution in [2.24, 2.45) is 4.99 Å². The third-order valence-electron chi connectivity index (χ3n) is 7.88. The Morgan fingerprint density at radius 2 is 1.61 bits per heavy atom. The van der Waals surface area contributed by atoms with Crippen LogP contribution in [0.25, 0.3) is 10.8 Å². The molecule has 2 heterocycles. The van der Waals surface area contributed by atoms with Gasteiger partial charge < -0.3 is 4.90 Å². The summed E-state index contributed by atoms with van der Waals surface area (Å²) in [5.74, 6) is 0.202. The molecule has 0 bridgehead atoms. The summed E-state index contributed by atoms with van der Waals surface area (Å²) in [5, 5.41) is 4.37. The summed E-state index contributed by atoms with van der Waals surface area (Å²) in [7, 11) is 0. The van der Waals surface area contributed by atoms with Gasteiger partial charge in [0.1, 0.15) is 6.34 Å². The van der Waals surface area contributed by atoms with Crippen LogP contribution in [0.15, 0.2) is 102 Å². The second-order valence-corrected chi connectivity index (χ2v) is 10.2. The molecule has 1 atom stereocenters. The number of pyridine rings is 1. The van der Waals surface area contributed by atoms with E-state index in [2.05, 4.69) is 57.8 Å². The highest BCUT2D eigenvalue weighted by atomic mass is 16.2. The zero-order chi connectivity index (χ0) is 25.8. The fourth-order valence-corrected chi connectivity index (χ4v) is 5.91. The number of nitrogens with one attached hydrogen (secondary N) is 1. The molecular weight excluding hydrogens is 470 g/mol. The number of carbonyl (C=O) groups excluding carboxylic acids is 1. The molecule has 1 fully saturated rings. The van der Waals surface area contributed by atoms with Crippen LogP contribution >= 0.6 is 0 Å². The number of hydrazine groups is 1. The van der Waals surface area contributed by atoms with Crippen molar-refractivity contribution < 1.29 is 4.79 Å². The summed E-state index contributed by atoms with van der Waals surface area (Å²) in [6.45, 7) is 1.30. The van der Waals surface area contributed by atoms with Gasteiger partial charge in [-0.3, -0.25) is 14.8 Å². The van der Waals surface area contributed by atoms with Gasteiger partial charge in [0.2, 0.25) is 5.91 Å². The maximum Gasteiger partial charge on any atom is 0.227 e. The van der Waals surface area contributed by atoms with E-state index in [0.717, 1.165) is 34.9 Å². The first-order valence-corrected chi connectivity index (χ1v) is 13.5. The first-order chi connectivity index (χ1) is 18.7. The van der Waals surface area contributed by atoms with Crippen molar-refractivity contribution in [2.45, 2.75) is 43.8 Å². The third-order valence-corrected chi connectivity index (χ3v) is 7.88. The predicted molar refractivity (Wildman–Crippen MR) is 151 cm³/mol. The smallest absolute Gasteiger partial charge is 0.227 e. The molecule has 3 aromatic carbocycles. The zero-order valence-corrected chi connectivity index (χ0v) is 21.5. The molecule has 1 N–H and O–H groups in total. The first-order valence-electron chi connectivity index (χ1n) is 13.5. The number of aromatic nitrogens is 1. The van der Waals surface area contributed by atoms with Crippen LogP contribution in [0.4, 0.5) is 0 Å². The van der Waals surface area contributed by atoms with Crippen molar-refractivity contribution in [3.63, 3.8) is 0 Å². The first kappa shape index (κ1) is 24.3. The van der Waals surface area contributed by atoms with Crippen molar-refractivity contribution >= 4 is 23.0 Å². The highest BCUT2D eigenvalue weighted by Gasteiger charge is 2.39. The van der Waals surface area contributed by atoms with E-state index in [9.17, 15) is 4.79 Å². The summed E-state index contributed by atoms with van der Waals surface area (Å²) in [4.78, 5) is 25.1. The number of fused-ring (bicyclic) bond motifs is 1. The molecule has 1 amide bonds. The minimum Gasteiger partial charge on any atom is -0.338 e. The lowest BCUT2D eigenvalue weighted by molar-refractivity contribution is -0.132. The highest BCUT2D eigenvalue weighted by molar-refractivity contribution is 5.90. The van der Waals surface area contributed by atoms with Crippen molar-refractivity contribution in [1.29, 1.82) is 0 Å².